The Balaban J connectivity index is 2.16. The molecule has 0 saturated carbocycles. The topological polar surface area (TPSA) is 0 Å². The molecule has 17 heavy (non-hydrogen) atoms. The van der Waals surface area contributed by atoms with Crippen molar-refractivity contribution in [2.45, 2.75) is 50.9 Å². The van der Waals surface area contributed by atoms with Crippen molar-refractivity contribution in [2.24, 2.45) is 0 Å². The fourth-order valence-electron chi connectivity index (χ4n) is 2.76. The average Bonchev–Trinajstić information content (AvgIpc) is 2.98. The first-order valence-electron chi connectivity index (χ1n) is 6.85. The van der Waals surface area contributed by atoms with Crippen LogP contribution in [0.15, 0.2) is 47.6 Å². The van der Waals surface area contributed by atoms with E-state index in [0.717, 1.165) is 11.1 Å². The second-order valence-corrected chi connectivity index (χ2v) is 10.8. The molecule has 2 rings (SSSR count). The Morgan fingerprint density at radius 1 is 0.882 bits per heavy atom. The van der Waals surface area contributed by atoms with Gasteiger partial charge in [-0.3, -0.25) is 0 Å². The van der Waals surface area contributed by atoms with Gasteiger partial charge >= 0.3 is 0 Å². The van der Waals surface area contributed by atoms with E-state index in [9.17, 15) is 0 Å². The van der Waals surface area contributed by atoms with Crippen molar-refractivity contribution in [2.75, 3.05) is 0 Å². The highest BCUT2D eigenvalue weighted by atomic mass is 28.3. The van der Waals surface area contributed by atoms with Gasteiger partial charge in [0.15, 0.2) is 0 Å². The predicted molar refractivity (Wildman–Crippen MR) is 80.0 cm³/mol. The van der Waals surface area contributed by atoms with Gasteiger partial charge in [-0.2, -0.15) is 0 Å². The molecule has 0 N–H and O–H groups in total. The van der Waals surface area contributed by atoms with Gasteiger partial charge in [0.1, 0.15) is 0 Å². The molecule has 0 heterocycles. The fraction of sp³-hybridized carbons (Fsp3) is 0.500. The molecule has 0 spiro atoms. The van der Waals surface area contributed by atoms with Gasteiger partial charge in [-0.1, -0.05) is 74.5 Å². The molecule has 0 nitrogen and oxygen atoms in total. The summed E-state index contributed by atoms with van der Waals surface area (Å²) >= 11 is 0. The predicted octanol–water partition coefficient (Wildman–Crippen LogP) is 5.25. The van der Waals surface area contributed by atoms with E-state index in [4.69, 9.17) is 0 Å². The molecule has 2 aliphatic carbocycles. The molecular weight excluding hydrogens is 220 g/mol. The summed E-state index contributed by atoms with van der Waals surface area (Å²) in [5, 5.41) is 0. The largest absolute Gasteiger partial charge is 0.0800 e. The smallest absolute Gasteiger partial charge is 0.0699 e. The van der Waals surface area contributed by atoms with Crippen molar-refractivity contribution in [1.29, 1.82) is 0 Å². The van der Waals surface area contributed by atoms with Gasteiger partial charge in [-0.05, 0) is 23.9 Å². The highest BCUT2D eigenvalue weighted by molar-refractivity contribution is 6.82. The first-order valence-corrected chi connectivity index (χ1v) is 10.0. The molecule has 2 unspecified atom stereocenters. The minimum atomic E-state index is -1.28. The van der Waals surface area contributed by atoms with E-state index < -0.39 is 8.07 Å². The monoisotopic (exact) mass is 244 g/mol. The molecule has 0 aromatic rings. The second kappa shape index (κ2) is 4.81. The van der Waals surface area contributed by atoms with Crippen LogP contribution in [0.5, 0.6) is 0 Å². The normalized spacial score (nSPS) is 27.5. The van der Waals surface area contributed by atoms with E-state index in [1.807, 2.05) is 0 Å². The Morgan fingerprint density at radius 3 is 1.59 bits per heavy atom. The van der Waals surface area contributed by atoms with Gasteiger partial charge in [0.2, 0.25) is 0 Å². The van der Waals surface area contributed by atoms with Crippen LogP contribution in [0.25, 0.3) is 0 Å². The number of hydrogen-bond donors (Lipinski definition) is 0. The SMILES string of the molecule is CCC1=CC([Si](C)(C)C2C=CC(CC)=C2)C=C1. The molecule has 0 aromatic carbocycles. The Bertz CT molecular complexity index is 369. The van der Waals surface area contributed by atoms with Crippen molar-refractivity contribution in [3.05, 3.63) is 47.6 Å². The van der Waals surface area contributed by atoms with E-state index in [1.165, 1.54) is 24.0 Å². The maximum Gasteiger partial charge on any atom is 0.0699 e. The molecular formula is C16H24Si. The van der Waals surface area contributed by atoms with Crippen LogP contribution in [0.3, 0.4) is 0 Å². The molecule has 0 saturated heterocycles. The number of hydrogen-bond acceptors (Lipinski definition) is 0. The van der Waals surface area contributed by atoms with Crippen LogP contribution in [-0.2, 0) is 0 Å². The Kier molecular flexibility index (Phi) is 3.57. The third kappa shape index (κ3) is 2.39. The maximum absolute atomic E-state index is 2.53. The highest BCUT2D eigenvalue weighted by Crippen LogP contribution is 2.43. The van der Waals surface area contributed by atoms with Crippen LogP contribution in [0, 0.1) is 0 Å². The quantitative estimate of drug-likeness (QED) is 0.593. The maximum atomic E-state index is 2.53. The number of rotatable bonds is 4. The van der Waals surface area contributed by atoms with Crippen LogP contribution in [0.1, 0.15) is 26.7 Å². The summed E-state index contributed by atoms with van der Waals surface area (Å²) in [7, 11) is -1.28. The van der Waals surface area contributed by atoms with Crippen LogP contribution in [0.4, 0.5) is 0 Å². The molecule has 0 radical (unpaired) electrons. The Labute approximate surface area is 107 Å². The van der Waals surface area contributed by atoms with E-state index in [2.05, 4.69) is 63.4 Å². The van der Waals surface area contributed by atoms with Crippen molar-refractivity contribution in [3.63, 3.8) is 0 Å². The highest BCUT2D eigenvalue weighted by Gasteiger charge is 2.37. The third-order valence-corrected chi connectivity index (χ3v) is 8.51. The lowest BCUT2D eigenvalue weighted by Crippen LogP contribution is -2.34. The van der Waals surface area contributed by atoms with E-state index in [1.54, 1.807) is 0 Å². The molecule has 92 valence electrons. The summed E-state index contributed by atoms with van der Waals surface area (Å²) in [6.07, 6.45) is 16.9. The lowest BCUT2D eigenvalue weighted by Gasteiger charge is -2.31. The molecule has 0 fully saturated rings. The molecule has 0 aliphatic heterocycles. The third-order valence-electron chi connectivity index (χ3n) is 4.36. The summed E-state index contributed by atoms with van der Waals surface area (Å²) < 4.78 is 0. The summed E-state index contributed by atoms with van der Waals surface area (Å²) in [6.45, 7) is 9.55. The van der Waals surface area contributed by atoms with Crippen LogP contribution in [-0.4, -0.2) is 8.07 Å². The van der Waals surface area contributed by atoms with Crippen molar-refractivity contribution >= 4 is 8.07 Å². The van der Waals surface area contributed by atoms with E-state index in [0.29, 0.717) is 0 Å². The van der Waals surface area contributed by atoms with E-state index >= 15 is 0 Å². The van der Waals surface area contributed by atoms with Gasteiger partial charge in [0.25, 0.3) is 0 Å². The first kappa shape index (κ1) is 12.6. The number of allylic oxidation sites excluding steroid dienone is 8. The standard InChI is InChI=1S/C16H24Si/c1-5-13-7-9-15(11-13)17(3,4)16-10-8-14(6-2)12-16/h7-12,15-16H,5-6H2,1-4H3. The minimum absolute atomic E-state index is 0.722. The molecule has 1 heteroatoms. The van der Waals surface area contributed by atoms with Gasteiger partial charge in [0, 0.05) is 0 Å². The zero-order chi connectivity index (χ0) is 12.5. The van der Waals surface area contributed by atoms with Crippen molar-refractivity contribution in [3.8, 4) is 0 Å². The van der Waals surface area contributed by atoms with Gasteiger partial charge in [-0.15, -0.1) is 0 Å². The first-order chi connectivity index (χ1) is 8.07. The van der Waals surface area contributed by atoms with Gasteiger partial charge < -0.3 is 0 Å². The fourth-order valence-corrected chi connectivity index (χ4v) is 5.67. The lowest BCUT2D eigenvalue weighted by molar-refractivity contribution is 1.12. The van der Waals surface area contributed by atoms with Crippen molar-refractivity contribution < 1.29 is 0 Å². The second-order valence-electron chi connectivity index (χ2n) is 5.78. The van der Waals surface area contributed by atoms with Crippen LogP contribution in [0.2, 0.25) is 24.2 Å². The van der Waals surface area contributed by atoms with Crippen molar-refractivity contribution in [1.82, 2.24) is 0 Å². The summed E-state index contributed by atoms with van der Waals surface area (Å²) in [5.74, 6) is 0. The molecule has 0 amide bonds. The molecule has 2 aliphatic rings. The lowest BCUT2D eigenvalue weighted by atomic mass is 10.2. The van der Waals surface area contributed by atoms with Gasteiger partial charge in [0.05, 0.1) is 8.07 Å². The molecule has 0 bridgehead atoms. The summed E-state index contributed by atoms with van der Waals surface area (Å²) in [5.41, 5.74) is 4.49. The zero-order valence-corrected chi connectivity index (χ0v) is 12.5. The Morgan fingerprint density at radius 2 is 1.29 bits per heavy atom. The minimum Gasteiger partial charge on any atom is -0.0800 e. The van der Waals surface area contributed by atoms with Gasteiger partial charge in [-0.25, -0.2) is 0 Å². The van der Waals surface area contributed by atoms with Crippen LogP contribution < -0.4 is 0 Å². The average molecular weight is 244 g/mol. The van der Waals surface area contributed by atoms with Crippen LogP contribution >= 0.6 is 0 Å². The summed E-state index contributed by atoms with van der Waals surface area (Å²) in [6, 6.07) is 0. The molecule has 2 atom stereocenters. The Hall–Kier alpha value is -0.823. The molecule has 0 aromatic heterocycles. The van der Waals surface area contributed by atoms with E-state index in [-0.39, 0.29) is 0 Å². The summed E-state index contributed by atoms with van der Waals surface area (Å²) in [4.78, 5) is 0. The zero-order valence-electron chi connectivity index (χ0n) is 11.5.